The zero-order chi connectivity index (χ0) is 49.6. The van der Waals surface area contributed by atoms with Gasteiger partial charge in [0.2, 0.25) is 0 Å². The van der Waals surface area contributed by atoms with E-state index < -0.39 is 113 Å². The van der Waals surface area contributed by atoms with Gasteiger partial charge in [-0.25, -0.2) is 14.4 Å². The number of urea groups is 1. The lowest BCUT2D eigenvalue weighted by molar-refractivity contribution is -0.346. The van der Waals surface area contributed by atoms with E-state index in [0.29, 0.717) is 16.9 Å². The third-order valence-corrected chi connectivity index (χ3v) is 14.7. The summed E-state index contributed by atoms with van der Waals surface area (Å²) in [5, 5.41) is 40.9. The van der Waals surface area contributed by atoms with Crippen molar-refractivity contribution >= 4 is 47.1 Å². The number of nitrogens with one attached hydrogen (secondary N) is 1. The number of rotatable bonds is 11. The Labute approximate surface area is 399 Å². The molecule has 16 nitrogen and oxygen atoms in total. The summed E-state index contributed by atoms with van der Waals surface area (Å²) >= 11 is 0. The molecule has 2 bridgehead atoms. The number of aliphatic hydroxyl groups is 3. The maximum atomic E-state index is 15.6. The Bertz CT molecular complexity index is 2610. The van der Waals surface area contributed by atoms with E-state index in [9.17, 15) is 39.3 Å². The number of hydrogen-bond acceptors (Lipinski definition) is 14. The van der Waals surface area contributed by atoms with Gasteiger partial charge >= 0.3 is 29.9 Å². The molecule has 362 valence electrons. The summed E-state index contributed by atoms with van der Waals surface area (Å²) in [5.41, 5.74) is -6.46. The van der Waals surface area contributed by atoms with Crippen molar-refractivity contribution in [1.82, 2.24) is 5.32 Å². The first-order valence-electron chi connectivity index (χ1n) is 22.8. The quantitative estimate of drug-likeness (QED) is 0.0787. The normalized spacial score (nSPS) is 29.7. The van der Waals surface area contributed by atoms with Crippen LogP contribution in [0.3, 0.4) is 0 Å². The fraction of sp³-hybridized carbons (Fsp3) is 0.396. The van der Waals surface area contributed by atoms with Gasteiger partial charge in [0.15, 0.2) is 23.6 Å². The molecule has 2 amide bonds. The van der Waals surface area contributed by atoms with Crippen molar-refractivity contribution in [3.8, 4) is 0 Å². The second-order valence-electron chi connectivity index (χ2n) is 19.0. The lowest BCUT2D eigenvalue weighted by Crippen LogP contribution is -2.82. The largest absolute Gasteiger partial charge is 0.456 e. The fourth-order valence-corrected chi connectivity index (χ4v) is 11.1. The van der Waals surface area contributed by atoms with Crippen LogP contribution in [0, 0.1) is 16.7 Å². The van der Waals surface area contributed by atoms with Crippen LogP contribution in [0.5, 0.6) is 0 Å². The first kappa shape index (κ1) is 48.7. The average molecular weight is 945 g/mol. The predicted molar refractivity (Wildman–Crippen MR) is 247 cm³/mol. The minimum Gasteiger partial charge on any atom is -0.456 e. The molecule has 16 heteroatoms. The van der Waals surface area contributed by atoms with E-state index in [1.807, 2.05) is 0 Å². The zero-order valence-electron chi connectivity index (χ0n) is 39.1. The smallest absolute Gasteiger partial charge is 0.338 e. The predicted octanol–water partition coefficient (Wildman–Crippen LogP) is 5.85. The lowest BCUT2D eigenvalue weighted by atomic mass is 9.44. The average Bonchev–Trinajstić information content (AvgIpc) is 3.32. The van der Waals surface area contributed by atoms with Crippen LogP contribution in [-0.2, 0) is 42.9 Å². The molecule has 0 aromatic heterocycles. The highest BCUT2D eigenvalue weighted by molar-refractivity contribution is 6.00. The van der Waals surface area contributed by atoms with Gasteiger partial charge in [-0.1, -0.05) is 98.8 Å². The minimum absolute atomic E-state index is 0.0147. The molecule has 4 aromatic carbocycles. The van der Waals surface area contributed by atoms with Gasteiger partial charge in [0.05, 0.1) is 47.0 Å². The second-order valence-corrected chi connectivity index (χ2v) is 19.0. The maximum Gasteiger partial charge on any atom is 0.338 e. The minimum atomic E-state index is -2.42. The number of carbonyl (C=O) groups excluding carboxylic acids is 6. The maximum absolute atomic E-state index is 15.6. The highest BCUT2D eigenvalue weighted by Crippen LogP contribution is 2.64. The van der Waals surface area contributed by atoms with Crippen LogP contribution in [0.2, 0.25) is 0 Å². The molecule has 9 unspecified atom stereocenters. The molecule has 0 spiro atoms. The monoisotopic (exact) mass is 944 g/mol. The first-order valence-corrected chi connectivity index (χ1v) is 22.8. The topological polar surface area (TPSA) is 225 Å². The Hall–Kier alpha value is -6.72. The molecule has 1 heterocycles. The van der Waals surface area contributed by atoms with Crippen LogP contribution in [0.1, 0.15) is 76.3 Å². The number of Topliss-reactive ketones (excluding diaryl/α,β-unsaturated/α-hetero) is 1. The highest BCUT2D eigenvalue weighted by Gasteiger charge is 2.78. The number of benzene rings is 4. The van der Waals surface area contributed by atoms with Crippen LogP contribution in [0.4, 0.5) is 16.2 Å². The highest BCUT2D eigenvalue weighted by atomic mass is 16.6. The molecule has 4 N–H and O–H groups in total. The van der Waals surface area contributed by atoms with Crippen molar-refractivity contribution in [2.75, 3.05) is 11.5 Å². The number of hydrogen-bond donors (Lipinski definition) is 4. The molecular weight excluding hydrogens is 889 g/mol. The summed E-state index contributed by atoms with van der Waals surface area (Å²) in [7, 11) is 0. The Morgan fingerprint density at radius 1 is 0.783 bits per heavy atom. The van der Waals surface area contributed by atoms with Crippen molar-refractivity contribution in [2.45, 2.75) is 108 Å². The first-order chi connectivity index (χ1) is 32.8. The van der Waals surface area contributed by atoms with Gasteiger partial charge in [-0.3, -0.25) is 19.3 Å². The number of fused-ring (bicyclic) bond motifs is 5. The van der Waals surface area contributed by atoms with Gasteiger partial charge in [0.1, 0.15) is 23.9 Å². The number of esters is 4. The molecule has 11 atom stereocenters. The molecule has 69 heavy (non-hydrogen) atoms. The Morgan fingerprint density at radius 2 is 1.33 bits per heavy atom. The lowest BCUT2D eigenvalue weighted by Gasteiger charge is -2.67. The van der Waals surface area contributed by atoms with Gasteiger partial charge in [-0.2, -0.15) is 0 Å². The van der Waals surface area contributed by atoms with E-state index in [1.165, 1.54) is 30.9 Å². The van der Waals surface area contributed by atoms with E-state index in [1.54, 1.807) is 123 Å². The Morgan fingerprint density at radius 3 is 1.86 bits per heavy atom. The third-order valence-electron chi connectivity index (χ3n) is 14.7. The van der Waals surface area contributed by atoms with Crippen molar-refractivity contribution in [3.05, 3.63) is 144 Å². The number of ether oxygens (including phenoxy) is 5. The number of carbonyl (C=O) groups is 6. The van der Waals surface area contributed by atoms with E-state index in [-0.39, 0.29) is 29.7 Å². The summed E-state index contributed by atoms with van der Waals surface area (Å²) in [6, 6.07) is 31.5. The standard InChI is InChI=1S/C53H56N2O14/c1-30-37(67-48(62)42(59)41(33-19-11-7-12-20-33)54-49(63)55(35-23-15-9-16-24-35)36-25-17-10-18-26-36)28-53(64)46(68-47(61)34-21-13-8-14-22-34)44-51(6,38(58)27-39-52(44,29-65-39)69-32(3)57)45(60)43(66-31(2)56)40(30)50(53,4)5/h7-26,37-39,41-44,46,58-59,64H,27-29H2,1-6H3,(H,54,63)/t37?,38?,39?,41?,42?,43?,44?,46?,51-,52+,53?/m1/s1. The van der Waals surface area contributed by atoms with Crippen molar-refractivity contribution in [3.63, 3.8) is 0 Å². The summed E-state index contributed by atoms with van der Waals surface area (Å²) in [4.78, 5) is 86.7. The van der Waals surface area contributed by atoms with E-state index in [0.717, 1.165) is 13.8 Å². The van der Waals surface area contributed by atoms with Crippen molar-refractivity contribution in [2.24, 2.45) is 16.7 Å². The Kier molecular flexibility index (Phi) is 13.2. The van der Waals surface area contributed by atoms with Crippen LogP contribution in [0.15, 0.2) is 132 Å². The number of nitrogens with zero attached hydrogens (tertiary/aromatic N) is 1. The molecule has 0 radical (unpaired) electrons. The van der Waals surface area contributed by atoms with Gasteiger partial charge in [0, 0.05) is 32.1 Å². The van der Waals surface area contributed by atoms with Gasteiger partial charge in [-0.05, 0) is 67.0 Å². The molecule has 8 rings (SSSR count). The number of amides is 2. The molecule has 4 aromatic rings. The van der Waals surface area contributed by atoms with E-state index in [2.05, 4.69) is 5.32 Å². The molecule has 1 saturated heterocycles. The van der Waals surface area contributed by atoms with E-state index >= 15 is 4.79 Å². The van der Waals surface area contributed by atoms with Gasteiger partial charge < -0.3 is 44.3 Å². The van der Waals surface area contributed by atoms with Crippen LogP contribution in [0.25, 0.3) is 0 Å². The summed E-state index contributed by atoms with van der Waals surface area (Å²) in [6.07, 6.45) is -10.7. The van der Waals surface area contributed by atoms with E-state index in [4.69, 9.17) is 23.7 Å². The summed E-state index contributed by atoms with van der Waals surface area (Å²) in [6.45, 7) is 7.97. The van der Waals surface area contributed by atoms with Gasteiger partial charge in [-0.15, -0.1) is 0 Å². The number of para-hydroxylation sites is 2. The molecule has 2 saturated carbocycles. The van der Waals surface area contributed by atoms with Gasteiger partial charge in [0.25, 0.3) is 0 Å². The Balaban J connectivity index is 1.25. The van der Waals surface area contributed by atoms with Crippen LogP contribution in [-0.4, -0.2) is 105 Å². The molecule has 1 aliphatic heterocycles. The van der Waals surface area contributed by atoms with Crippen LogP contribution >= 0.6 is 0 Å². The third kappa shape index (κ3) is 8.38. The molecular formula is C53H56N2O14. The second kappa shape index (κ2) is 18.6. The van der Waals surface area contributed by atoms with Crippen LogP contribution < -0.4 is 10.2 Å². The number of ketones is 1. The molecule has 3 fully saturated rings. The zero-order valence-corrected chi connectivity index (χ0v) is 39.1. The number of aliphatic hydroxyl groups excluding tert-OH is 2. The summed E-state index contributed by atoms with van der Waals surface area (Å²) in [5.74, 6) is -6.32. The SMILES string of the molecule is CC(=O)OC1C(=O)[C@]2(C)C(O)CC3OC[C@@]3(OC(C)=O)C2C(OC(=O)c2ccccc2)C2(O)CC(OC(=O)C(O)C(NC(=O)N(c3ccccc3)c3ccccc3)c3ccccc3)C(C)=C1C2(C)C. The molecule has 3 aliphatic carbocycles. The van der Waals surface area contributed by atoms with Crippen molar-refractivity contribution < 1.29 is 67.8 Å². The summed E-state index contributed by atoms with van der Waals surface area (Å²) < 4.78 is 30.6. The molecule has 4 aliphatic rings. The fourth-order valence-electron chi connectivity index (χ4n) is 11.1. The van der Waals surface area contributed by atoms with Crippen molar-refractivity contribution in [1.29, 1.82) is 0 Å². The number of anilines is 2.